The van der Waals surface area contributed by atoms with Gasteiger partial charge in [0.25, 0.3) is 11.8 Å². The Labute approximate surface area is 173 Å². The number of hydrogen-bond donors (Lipinski definition) is 3. The van der Waals surface area contributed by atoms with Gasteiger partial charge in [0, 0.05) is 11.4 Å². The van der Waals surface area contributed by atoms with Crippen molar-refractivity contribution < 1.29 is 9.59 Å². The molecule has 30 heavy (non-hydrogen) atoms. The topological polar surface area (TPSA) is 102 Å². The number of hydrogen-bond acceptors (Lipinski definition) is 4. The third kappa shape index (κ3) is 3.90. The largest absolute Gasteiger partial charge is 0.383 e. The summed E-state index contributed by atoms with van der Waals surface area (Å²) < 4.78 is 1.39. The maximum absolute atomic E-state index is 13.0. The fraction of sp³-hybridized carbons (Fsp3) is 0. The van der Waals surface area contributed by atoms with Crippen molar-refractivity contribution in [2.45, 2.75) is 0 Å². The molecule has 0 aliphatic rings. The van der Waals surface area contributed by atoms with E-state index in [0.717, 1.165) is 0 Å². The quantitative estimate of drug-likeness (QED) is 0.474. The van der Waals surface area contributed by atoms with Crippen molar-refractivity contribution in [3.05, 3.63) is 102 Å². The van der Waals surface area contributed by atoms with Crippen LogP contribution < -0.4 is 16.4 Å². The average molecular weight is 397 g/mol. The van der Waals surface area contributed by atoms with Gasteiger partial charge in [0.2, 0.25) is 0 Å². The van der Waals surface area contributed by atoms with Crippen LogP contribution in [-0.2, 0) is 0 Å². The van der Waals surface area contributed by atoms with Gasteiger partial charge in [0.1, 0.15) is 11.4 Å². The van der Waals surface area contributed by atoms with Crippen molar-refractivity contribution in [1.29, 1.82) is 0 Å². The molecule has 2 amide bonds. The van der Waals surface area contributed by atoms with Crippen LogP contribution in [0.5, 0.6) is 0 Å². The van der Waals surface area contributed by atoms with Crippen molar-refractivity contribution in [3.63, 3.8) is 0 Å². The van der Waals surface area contributed by atoms with Crippen molar-refractivity contribution in [3.8, 4) is 5.69 Å². The first-order valence-electron chi connectivity index (χ1n) is 9.30. The van der Waals surface area contributed by atoms with Gasteiger partial charge < -0.3 is 16.4 Å². The van der Waals surface area contributed by atoms with Crippen molar-refractivity contribution in [2.24, 2.45) is 0 Å². The van der Waals surface area contributed by atoms with E-state index < -0.39 is 11.8 Å². The van der Waals surface area contributed by atoms with E-state index in [9.17, 15) is 9.59 Å². The number of rotatable bonds is 5. The first-order chi connectivity index (χ1) is 14.6. The Kier molecular flexibility index (Phi) is 5.25. The molecule has 1 heterocycles. The summed E-state index contributed by atoms with van der Waals surface area (Å²) in [6.45, 7) is 0. The number of para-hydroxylation sites is 3. The number of amides is 2. The fourth-order valence-corrected chi connectivity index (χ4v) is 3.01. The molecule has 0 saturated heterocycles. The van der Waals surface area contributed by atoms with E-state index in [2.05, 4.69) is 15.7 Å². The molecule has 0 aliphatic carbocycles. The zero-order valence-electron chi connectivity index (χ0n) is 15.9. The standard InChI is InChI=1S/C23H19N5O2/c24-21-19(22(29)25-16-10-4-1-5-11-16)20(23(30)26-17-12-6-2-7-13-17)27-28(21)18-14-8-3-9-15-18/h1-15H,24H2,(H,25,29)(H,26,30). The molecule has 0 unspecified atom stereocenters. The fourth-order valence-electron chi connectivity index (χ4n) is 3.01. The highest BCUT2D eigenvalue weighted by Gasteiger charge is 2.27. The second-order valence-corrected chi connectivity index (χ2v) is 6.50. The van der Waals surface area contributed by atoms with Crippen molar-refractivity contribution >= 4 is 29.0 Å². The summed E-state index contributed by atoms with van der Waals surface area (Å²) in [5, 5.41) is 9.89. The van der Waals surface area contributed by atoms with E-state index >= 15 is 0 Å². The van der Waals surface area contributed by atoms with Crippen LogP contribution in [0.1, 0.15) is 20.8 Å². The van der Waals surface area contributed by atoms with Crippen LogP contribution in [0.2, 0.25) is 0 Å². The highest BCUT2D eigenvalue weighted by Crippen LogP contribution is 2.24. The Hall–Kier alpha value is -4.39. The number of nitrogen functional groups attached to an aromatic ring is 1. The minimum Gasteiger partial charge on any atom is -0.383 e. The Bertz CT molecular complexity index is 1170. The molecule has 4 rings (SSSR count). The number of carbonyl (C=O) groups excluding carboxylic acids is 2. The second kappa shape index (κ2) is 8.32. The lowest BCUT2D eigenvalue weighted by atomic mass is 10.2. The third-order valence-corrected chi connectivity index (χ3v) is 4.43. The number of benzene rings is 3. The van der Waals surface area contributed by atoms with Gasteiger partial charge in [-0.05, 0) is 36.4 Å². The average Bonchev–Trinajstić information content (AvgIpc) is 3.13. The molecule has 7 nitrogen and oxygen atoms in total. The molecular weight excluding hydrogens is 378 g/mol. The summed E-state index contributed by atoms with van der Waals surface area (Å²) in [5.41, 5.74) is 8.05. The van der Waals surface area contributed by atoms with E-state index in [4.69, 9.17) is 5.73 Å². The molecule has 0 saturated carbocycles. The van der Waals surface area contributed by atoms with E-state index in [-0.39, 0.29) is 17.1 Å². The summed E-state index contributed by atoms with van der Waals surface area (Å²) in [6.07, 6.45) is 0. The predicted molar refractivity (Wildman–Crippen MR) is 117 cm³/mol. The Balaban J connectivity index is 1.75. The smallest absolute Gasteiger partial charge is 0.277 e. The van der Waals surface area contributed by atoms with Crippen molar-refractivity contribution in [1.82, 2.24) is 9.78 Å². The minimum atomic E-state index is -0.527. The number of carbonyl (C=O) groups is 2. The summed E-state index contributed by atoms with van der Waals surface area (Å²) in [6, 6.07) is 27.0. The zero-order valence-corrected chi connectivity index (χ0v) is 15.9. The first kappa shape index (κ1) is 18.9. The van der Waals surface area contributed by atoms with Crippen LogP contribution in [0.3, 0.4) is 0 Å². The maximum atomic E-state index is 13.0. The molecule has 0 atom stereocenters. The van der Waals surface area contributed by atoms with Gasteiger partial charge in [-0.2, -0.15) is 5.10 Å². The number of anilines is 3. The molecule has 7 heteroatoms. The first-order valence-corrected chi connectivity index (χ1v) is 9.30. The molecule has 148 valence electrons. The number of nitrogens with two attached hydrogens (primary N) is 1. The molecule has 1 aromatic heterocycles. The molecule has 0 fully saturated rings. The van der Waals surface area contributed by atoms with E-state index in [1.165, 1.54) is 4.68 Å². The molecule has 0 aliphatic heterocycles. The highest BCUT2D eigenvalue weighted by atomic mass is 16.2. The number of nitrogens with one attached hydrogen (secondary N) is 2. The van der Waals surface area contributed by atoms with Crippen molar-refractivity contribution in [2.75, 3.05) is 16.4 Å². The maximum Gasteiger partial charge on any atom is 0.277 e. The SMILES string of the molecule is Nc1c(C(=O)Nc2ccccc2)c(C(=O)Nc2ccccc2)nn1-c1ccccc1. The predicted octanol–water partition coefficient (Wildman–Crippen LogP) is 3.96. The number of nitrogens with zero attached hydrogens (tertiary/aromatic N) is 2. The monoisotopic (exact) mass is 397 g/mol. The zero-order chi connectivity index (χ0) is 20.9. The Morgan fingerprint density at radius 3 is 1.70 bits per heavy atom. The second-order valence-electron chi connectivity index (χ2n) is 6.50. The van der Waals surface area contributed by atoms with Crippen LogP contribution >= 0.6 is 0 Å². The minimum absolute atomic E-state index is 0.0103. The van der Waals surface area contributed by atoms with Gasteiger partial charge in [0.05, 0.1) is 5.69 Å². The Morgan fingerprint density at radius 2 is 1.17 bits per heavy atom. The molecule has 0 bridgehead atoms. The molecular formula is C23H19N5O2. The lowest BCUT2D eigenvalue weighted by Gasteiger charge is -2.07. The molecule has 4 aromatic rings. The van der Waals surface area contributed by atoms with Crippen LogP contribution in [-0.4, -0.2) is 21.6 Å². The normalized spacial score (nSPS) is 10.4. The lowest BCUT2D eigenvalue weighted by Crippen LogP contribution is -2.20. The lowest BCUT2D eigenvalue weighted by molar-refractivity contribution is 0.0988. The van der Waals surface area contributed by atoms with E-state index in [1.54, 1.807) is 60.7 Å². The summed E-state index contributed by atoms with van der Waals surface area (Å²) in [4.78, 5) is 26.0. The molecule has 4 N–H and O–H groups in total. The molecule has 0 radical (unpaired) electrons. The van der Waals surface area contributed by atoms with Gasteiger partial charge in [-0.25, -0.2) is 4.68 Å². The van der Waals surface area contributed by atoms with Crippen LogP contribution in [0, 0.1) is 0 Å². The molecule has 3 aromatic carbocycles. The van der Waals surface area contributed by atoms with Crippen LogP contribution in [0.15, 0.2) is 91.0 Å². The summed E-state index contributed by atoms with van der Waals surface area (Å²) >= 11 is 0. The van der Waals surface area contributed by atoms with Gasteiger partial charge >= 0.3 is 0 Å². The third-order valence-electron chi connectivity index (χ3n) is 4.43. The molecule has 0 spiro atoms. The van der Waals surface area contributed by atoms with Crippen LogP contribution in [0.25, 0.3) is 5.69 Å². The summed E-state index contributed by atoms with van der Waals surface area (Å²) in [7, 11) is 0. The van der Waals surface area contributed by atoms with E-state index in [0.29, 0.717) is 17.1 Å². The van der Waals surface area contributed by atoms with Gasteiger partial charge in [-0.15, -0.1) is 0 Å². The van der Waals surface area contributed by atoms with Gasteiger partial charge in [-0.1, -0.05) is 54.6 Å². The van der Waals surface area contributed by atoms with E-state index in [1.807, 2.05) is 30.3 Å². The summed E-state index contributed by atoms with van der Waals surface area (Å²) in [5.74, 6) is -0.965. The van der Waals surface area contributed by atoms with Crippen LogP contribution in [0.4, 0.5) is 17.2 Å². The Morgan fingerprint density at radius 1 is 0.700 bits per heavy atom. The van der Waals surface area contributed by atoms with Gasteiger partial charge in [0.15, 0.2) is 5.69 Å². The van der Waals surface area contributed by atoms with Gasteiger partial charge in [-0.3, -0.25) is 9.59 Å². The number of aromatic nitrogens is 2. The highest BCUT2D eigenvalue weighted by molar-refractivity contribution is 6.16.